The SMILES string of the molecule is Nc1cnn(C(c2ccccc2)C2CCS(=O)(=O)CC2)c1. The molecule has 1 aliphatic rings. The van der Waals surface area contributed by atoms with Crippen LogP contribution < -0.4 is 5.73 Å². The lowest BCUT2D eigenvalue weighted by Gasteiger charge is -2.30. The topological polar surface area (TPSA) is 78.0 Å². The molecular weight excluding hydrogens is 286 g/mol. The van der Waals surface area contributed by atoms with Crippen molar-refractivity contribution in [3.8, 4) is 0 Å². The summed E-state index contributed by atoms with van der Waals surface area (Å²) in [6.07, 6.45) is 4.79. The molecule has 3 rings (SSSR count). The Hall–Kier alpha value is -1.82. The van der Waals surface area contributed by atoms with Gasteiger partial charge in [-0.2, -0.15) is 5.10 Å². The smallest absolute Gasteiger partial charge is 0.150 e. The van der Waals surface area contributed by atoms with Crippen molar-refractivity contribution in [2.45, 2.75) is 18.9 Å². The Kier molecular flexibility index (Phi) is 3.71. The fraction of sp³-hybridized carbons (Fsp3) is 0.400. The molecule has 1 saturated heterocycles. The van der Waals surface area contributed by atoms with Gasteiger partial charge in [-0.3, -0.25) is 4.68 Å². The molecule has 5 nitrogen and oxygen atoms in total. The van der Waals surface area contributed by atoms with E-state index in [1.54, 1.807) is 6.20 Å². The maximum absolute atomic E-state index is 11.7. The Morgan fingerprint density at radius 3 is 2.43 bits per heavy atom. The molecule has 1 unspecified atom stereocenters. The maximum Gasteiger partial charge on any atom is 0.150 e. The number of aromatic nitrogens is 2. The summed E-state index contributed by atoms with van der Waals surface area (Å²) in [7, 11) is -2.86. The van der Waals surface area contributed by atoms with Gasteiger partial charge in [-0.1, -0.05) is 30.3 Å². The number of nitrogen functional groups attached to an aromatic ring is 1. The minimum Gasteiger partial charge on any atom is -0.396 e. The standard InChI is InChI=1S/C15H19N3O2S/c16-14-10-17-18(11-14)15(12-4-2-1-3-5-12)13-6-8-21(19,20)9-7-13/h1-5,10-11,13,15H,6-9,16H2. The summed E-state index contributed by atoms with van der Waals surface area (Å²) in [6.45, 7) is 0. The van der Waals surface area contributed by atoms with Gasteiger partial charge in [0, 0.05) is 6.20 Å². The van der Waals surface area contributed by atoms with E-state index >= 15 is 0 Å². The third-order valence-electron chi connectivity index (χ3n) is 4.09. The number of anilines is 1. The van der Waals surface area contributed by atoms with E-state index in [9.17, 15) is 8.42 Å². The Morgan fingerprint density at radius 1 is 1.19 bits per heavy atom. The molecule has 0 spiro atoms. The Labute approximate surface area is 124 Å². The van der Waals surface area contributed by atoms with Crippen molar-refractivity contribution < 1.29 is 8.42 Å². The minimum atomic E-state index is -2.86. The number of sulfone groups is 1. The number of nitrogens with zero attached hydrogens (tertiary/aromatic N) is 2. The van der Waals surface area contributed by atoms with E-state index in [-0.39, 0.29) is 23.5 Å². The van der Waals surface area contributed by atoms with E-state index in [1.807, 2.05) is 29.1 Å². The monoisotopic (exact) mass is 305 g/mol. The van der Waals surface area contributed by atoms with Crippen molar-refractivity contribution in [3.63, 3.8) is 0 Å². The number of benzene rings is 1. The molecule has 112 valence electrons. The van der Waals surface area contributed by atoms with Crippen LogP contribution in [0.1, 0.15) is 24.4 Å². The van der Waals surface area contributed by atoms with E-state index in [2.05, 4.69) is 17.2 Å². The van der Waals surface area contributed by atoms with Crippen LogP contribution in [0.3, 0.4) is 0 Å². The highest BCUT2D eigenvalue weighted by molar-refractivity contribution is 7.91. The quantitative estimate of drug-likeness (QED) is 0.939. The summed E-state index contributed by atoms with van der Waals surface area (Å²) < 4.78 is 25.2. The summed E-state index contributed by atoms with van der Waals surface area (Å²) in [4.78, 5) is 0. The van der Waals surface area contributed by atoms with Gasteiger partial charge in [0.25, 0.3) is 0 Å². The van der Waals surface area contributed by atoms with Crippen LogP contribution in [0.25, 0.3) is 0 Å². The van der Waals surface area contributed by atoms with Crippen LogP contribution in [-0.4, -0.2) is 29.7 Å². The highest BCUT2D eigenvalue weighted by Gasteiger charge is 2.31. The van der Waals surface area contributed by atoms with Crippen LogP contribution in [0.5, 0.6) is 0 Å². The molecule has 0 amide bonds. The molecule has 6 heteroatoms. The normalized spacial score (nSPS) is 20.2. The maximum atomic E-state index is 11.7. The first-order valence-electron chi connectivity index (χ1n) is 7.10. The van der Waals surface area contributed by atoms with Gasteiger partial charge in [-0.15, -0.1) is 0 Å². The molecule has 2 aromatic rings. The molecule has 0 aliphatic carbocycles. The summed E-state index contributed by atoms with van der Waals surface area (Å²) in [5.41, 5.74) is 7.56. The molecule has 1 aromatic carbocycles. The predicted octanol–water partition coefficient (Wildman–Crippen LogP) is 1.88. The lowest BCUT2D eigenvalue weighted by Crippen LogP contribution is -2.30. The third kappa shape index (κ3) is 3.10. The molecule has 0 saturated carbocycles. The lowest BCUT2D eigenvalue weighted by atomic mass is 9.88. The Morgan fingerprint density at radius 2 is 1.86 bits per heavy atom. The summed E-state index contributed by atoms with van der Waals surface area (Å²) in [5, 5.41) is 4.35. The molecule has 0 bridgehead atoms. The van der Waals surface area contributed by atoms with Gasteiger partial charge in [-0.05, 0) is 24.3 Å². The van der Waals surface area contributed by atoms with Crippen LogP contribution in [0, 0.1) is 5.92 Å². The zero-order valence-electron chi connectivity index (χ0n) is 11.7. The third-order valence-corrected chi connectivity index (χ3v) is 5.81. The molecular formula is C15H19N3O2S. The first-order valence-corrected chi connectivity index (χ1v) is 8.92. The Bertz CT molecular complexity index is 696. The van der Waals surface area contributed by atoms with Gasteiger partial charge in [0.15, 0.2) is 0 Å². The van der Waals surface area contributed by atoms with Crippen molar-refractivity contribution in [2.24, 2.45) is 5.92 Å². The molecule has 1 fully saturated rings. The first kappa shape index (κ1) is 14.1. The van der Waals surface area contributed by atoms with E-state index in [0.29, 0.717) is 18.5 Å². The van der Waals surface area contributed by atoms with E-state index < -0.39 is 9.84 Å². The van der Waals surface area contributed by atoms with Gasteiger partial charge in [0.2, 0.25) is 0 Å². The van der Waals surface area contributed by atoms with Crippen LogP contribution in [0.4, 0.5) is 5.69 Å². The van der Waals surface area contributed by atoms with Crippen molar-refractivity contribution in [1.82, 2.24) is 9.78 Å². The molecule has 1 aromatic heterocycles. The number of rotatable bonds is 3. The van der Waals surface area contributed by atoms with Crippen LogP contribution in [0.15, 0.2) is 42.7 Å². The molecule has 2 N–H and O–H groups in total. The summed E-state index contributed by atoms with van der Waals surface area (Å²) in [6, 6.07) is 10.1. The zero-order valence-corrected chi connectivity index (χ0v) is 12.5. The lowest BCUT2D eigenvalue weighted by molar-refractivity contribution is 0.326. The fourth-order valence-corrected chi connectivity index (χ4v) is 4.55. The average molecular weight is 305 g/mol. The highest BCUT2D eigenvalue weighted by atomic mass is 32.2. The summed E-state index contributed by atoms with van der Waals surface area (Å²) in [5.74, 6) is 0.783. The molecule has 1 atom stereocenters. The fourth-order valence-electron chi connectivity index (χ4n) is 3.02. The van der Waals surface area contributed by atoms with Crippen LogP contribution in [-0.2, 0) is 9.84 Å². The second-order valence-corrected chi connectivity index (χ2v) is 7.90. The number of hydrogen-bond donors (Lipinski definition) is 1. The first-order chi connectivity index (χ1) is 10.1. The number of nitrogens with two attached hydrogens (primary N) is 1. The molecule has 2 heterocycles. The van der Waals surface area contributed by atoms with E-state index in [4.69, 9.17) is 5.73 Å². The Balaban J connectivity index is 1.94. The summed E-state index contributed by atoms with van der Waals surface area (Å²) >= 11 is 0. The molecule has 1 aliphatic heterocycles. The van der Waals surface area contributed by atoms with Crippen molar-refractivity contribution >= 4 is 15.5 Å². The predicted molar refractivity (Wildman–Crippen MR) is 82.6 cm³/mol. The second kappa shape index (κ2) is 5.52. The van der Waals surface area contributed by atoms with Crippen molar-refractivity contribution in [3.05, 3.63) is 48.3 Å². The van der Waals surface area contributed by atoms with Crippen LogP contribution >= 0.6 is 0 Å². The van der Waals surface area contributed by atoms with Crippen LogP contribution in [0.2, 0.25) is 0 Å². The number of hydrogen-bond acceptors (Lipinski definition) is 4. The van der Waals surface area contributed by atoms with Crippen molar-refractivity contribution in [2.75, 3.05) is 17.2 Å². The highest BCUT2D eigenvalue weighted by Crippen LogP contribution is 2.34. The van der Waals surface area contributed by atoms with E-state index in [1.165, 1.54) is 0 Å². The van der Waals surface area contributed by atoms with Gasteiger partial charge in [-0.25, -0.2) is 8.42 Å². The van der Waals surface area contributed by atoms with Gasteiger partial charge >= 0.3 is 0 Å². The zero-order chi connectivity index (χ0) is 14.9. The van der Waals surface area contributed by atoms with Gasteiger partial charge < -0.3 is 5.73 Å². The van der Waals surface area contributed by atoms with Gasteiger partial charge in [0.1, 0.15) is 9.84 Å². The minimum absolute atomic E-state index is 0.0407. The van der Waals surface area contributed by atoms with Crippen molar-refractivity contribution in [1.29, 1.82) is 0 Å². The molecule has 0 radical (unpaired) electrons. The molecule has 21 heavy (non-hydrogen) atoms. The van der Waals surface area contributed by atoms with E-state index in [0.717, 1.165) is 5.56 Å². The second-order valence-electron chi connectivity index (χ2n) is 5.60. The van der Waals surface area contributed by atoms with Gasteiger partial charge in [0.05, 0.1) is 29.4 Å². The average Bonchev–Trinajstić information content (AvgIpc) is 2.88. The largest absolute Gasteiger partial charge is 0.396 e.